The van der Waals surface area contributed by atoms with Gasteiger partial charge < -0.3 is 15.5 Å². The van der Waals surface area contributed by atoms with Crippen LogP contribution in [0, 0.1) is 6.92 Å². The lowest BCUT2D eigenvalue weighted by atomic mass is 10.1. The summed E-state index contributed by atoms with van der Waals surface area (Å²) in [4.78, 5) is 12.6. The molecular formula is C19H29N5S. The first kappa shape index (κ1) is 19.4. The maximum atomic E-state index is 4.70. The van der Waals surface area contributed by atoms with E-state index in [1.54, 1.807) is 11.3 Å². The number of thiazole rings is 1. The Morgan fingerprint density at radius 3 is 2.72 bits per heavy atom. The largest absolute Gasteiger partial charge is 0.357 e. The molecule has 0 spiro atoms. The first-order valence-electron chi connectivity index (χ1n) is 8.80. The number of nitrogens with zero attached hydrogens (tertiary/aromatic N) is 3. The van der Waals surface area contributed by atoms with E-state index >= 15 is 0 Å². The Kier molecular flexibility index (Phi) is 7.88. The van der Waals surface area contributed by atoms with E-state index in [4.69, 9.17) is 4.99 Å². The van der Waals surface area contributed by atoms with Crippen molar-refractivity contribution in [2.24, 2.45) is 4.99 Å². The molecule has 0 saturated heterocycles. The first-order chi connectivity index (χ1) is 12.1. The molecule has 0 aliphatic heterocycles. The summed E-state index contributed by atoms with van der Waals surface area (Å²) in [6.07, 6.45) is 1.91. The van der Waals surface area contributed by atoms with Crippen molar-refractivity contribution < 1.29 is 0 Å². The number of nitrogens with one attached hydrogen (secondary N) is 2. The van der Waals surface area contributed by atoms with E-state index in [2.05, 4.69) is 72.6 Å². The Labute approximate surface area is 155 Å². The molecule has 0 radical (unpaired) electrons. The van der Waals surface area contributed by atoms with Crippen molar-refractivity contribution in [3.05, 3.63) is 51.5 Å². The Balaban J connectivity index is 1.96. The molecule has 0 atom stereocenters. The van der Waals surface area contributed by atoms with Gasteiger partial charge >= 0.3 is 0 Å². The van der Waals surface area contributed by atoms with E-state index in [0.717, 1.165) is 30.6 Å². The summed E-state index contributed by atoms with van der Waals surface area (Å²) in [5.74, 6) is 0.825. The number of hydrogen-bond donors (Lipinski definition) is 2. The van der Waals surface area contributed by atoms with Crippen molar-refractivity contribution in [1.29, 1.82) is 0 Å². The number of aryl methyl sites for hydroxylation is 1. The topological polar surface area (TPSA) is 52.6 Å². The van der Waals surface area contributed by atoms with Crippen LogP contribution in [0.1, 0.15) is 34.9 Å². The van der Waals surface area contributed by atoms with Gasteiger partial charge in [0.15, 0.2) is 5.96 Å². The van der Waals surface area contributed by atoms with E-state index in [9.17, 15) is 0 Å². The molecule has 1 heterocycles. The molecule has 0 bridgehead atoms. The summed E-state index contributed by atoms with van der Waals surface area (Å²) in [6, 6.07) is 8.66. The lowest BCUT2D eigenvalue weighted by Crippen LogP contribution is -2.36. The fourth-order valence-corrected chi connectivity index (χ4v) is 3.13. The van der Waals surface area contributed by atoms with Gasteiger partial charge in [-0.1, -0.05) is 31.2 Å². The minimum atomic E-state index is 0.663. The van der Waals surface area contributed by atoms with Crippen molar-refractivity contribution >= 4 is 17.3 Å². The highest BCUT2D eigenvalue weighted by Crippen LogP contribution is 2.11. The number of rotatable bonds is 8. The molecule has 0 unspecified atom stereocenters. The van der Waals surface area contributed by atoms with Gasteiger partial charge in [-0.3, -0.25) is 0 Å². The van der Waals surface area contributed by atoms with Crippen molar-refractivity contribution in [3.8, 4) is 0 Å². The second kappa shape index (κ2) is 10.2. The van der Waals surface area contributed by atoms with Crippen LogP contribution in [0.4, 0.5) is 0 Å². The molecule has 2 N–H and O–H groups in total. The second-order valence-electron chi connectivity index (χ2n) is 6.06. The molecule has 5 nitrogen and oxygen atoms in total. The van der Waals surface area contributed by atoms with Crippen LogP contribution in [0.15, 0.2) is 35.5 Å². The summed E-state index contributed by atoms with van der Waals surface area (Å²) in [5.41, 5.74) is 2.55. The van der Waals surface area contributed by atoms with Crippen LogP contribution in [0.3, 0.4) is 0 Å². The summed E-state index contributed by atoms with van der Waals surface area (Å²) in [6.45, 7) is 10.5. The normalized spacial score (nSPS) is 11.8. The Morgan fingerprint density at radius 2 is 2.04 bits per heavy atom. The number of hydrogen-bond acceptors (Lipinski definition) is 4. The maximum absolute atomic E-state index is 4.70. The summed E-state index contributed by atoms with van der Waals surface area (Å²) < 4.78 is 0. The molecule has 0 aliphatic carbocycles. The highest BCUT2D eigenvalue weighted by Gasteiger charge is 2.03. The molecule has 0 amide bonds. The molecular weight excluding hydrogens is 330 g/mol. The monoisotopic (exact) mass is 359 g/mol. The van der Waals surface area contributed by atoms with E-state index in [0.29, 0.717) is 13.1 Å². The van der Waals surface area contributed by atoms with Crippen molar-refractivity contribution in [2.45, 2.75) is 40.4 Å². The Hall–Kier alpha value is -1.92. The molecule has 2 aromatic rings. The van der Waals surface area contributed by atoms with E-state index in [1.165, 1.54) is 16.0 Å². The first-order valence-corrected chi connectivity index (χ1v) is 9.62. The van der Waals surface area contributed by atoms with Crippen molar-refractivity contribution in [2.75, 3.05) is 20.1 Å². The molecule has 0 saturated carbocycles. The van der Waals surface area contributed by atoms with Crippen molar-refractivity contribution in [1.82, 2.24) is 20.5 Å². The molecule has 1 aromatic carbocycles. The van der Waals surface area contributed by atoms with Gasteiger partial charge in [0.1, 0.15) is 5.01 Å². The molecule has 2 rings (SSSR count). The van der Waals surface area contributed by atoms with Gasteiger partial charge in [-0.25, -0.2) is 9.98 Å². The lowest BCUT2D eigenvalue weighted by molar-refractivity contribution is 0.345. The average molecular weight is 360 g/mol. The van der Waals surface area contributed by atoms with Crippen molar-refractivity contribution in [3.63, 3.8) is 0 Å². The van der Waals surface area contributed by atoms with E-state index in [-0.39, 0.29) is 0 Å². The summed E-state index contributed by atoms with van der Waals surface area (Å²) >= 11 is 1.71. The third-order valence-electron chi connectivity index (χ3n) is 3.82. The van der Waals surface area contributed by atoms with E-state index < -0.39 is 0 Å². The third-order valence-corrected chi connectivity index (χ3v) is 4.74. The molecule has 25 heavy (non-hydrogen) atoms. The number of aliphatic imine (C=N–C) groups is 1. The molecule has 0 aliphatic rings. The van der Waals surface area contributed by atoms with Crippen LogP contribution in [0.5, 0.6) is 0 Å². The highest BCUT2D eigenvalue weighted by atomic mass is 32.1. The zero-order valence-corrected chi connectivity index (χ0v) is 16.5. The predicted molar refractivity (Wildman–Crippen MR) is 107 cm³/mol. The summed E-state index contributed by atoms with van der Waals surface area (Å²) in [7, 11) is 2.14. The van der Waals surface area contributed by atoms with Gasteiger partial charge in [0, 0.05) is 24.2 Å². The molecule has 6 heteroatoms. The zero-order chi connectivity index (χ0) is 18.1. The van der Waals surface area contributed by atoms with Crippen LogP contribution in [0.2, 0.25) is 0 Å². The van der Waals surface area contributed by atoms with Gasteiger partial charge in [0.2, 0.25) is 0 Å². The third kappa shape index (κ3) is 6.84. The lowest BCUT2D eigenvalue weighted by Gasteiger charge is -2.14. The molecule has 1 aromatic heterocycles. The van der Waals surface area contributed by atoms with Crippen LogP contribution >= 0.6 is 11.3 Å². The molecule has 136 valence electrons. The quantitative estimate of drug-likeness (QED) is 0.561. The van der Waals surface area contributed by atoms with Crippen LogP contribution < -0.4 is 10.6 Å². The standard InChI is InChI=1S/C19H29N5S/c1-5-20-19(23-13-18-21-11-15(3)25-18)22-12-16-8-7-9-17(10-16)14-24(4)6-2/h7-11H,5-6,12-14H2,1-4H3,(H2,20,22,23). The van der Waals surface area contributed by atoms with Crippen LogP contribution in [-0.4, -0.2) is 36.0 Å². The van der Waals surface area contributed by atoms with Gasteiger partial charge in [-0.15, -0.1) is 11.3 Å². The smallest absolute Gasteiger partial charge is 0.191 e. The minimum absolute atomic E-state index is 0.663. The summed E-state index contributed by atoms with van der Waals surface area (Å²) in [5, 5.41) is 7.73. The van der Waals surface area contributed by atoms with Crippen LogP contribution in [0.25, 0.3) is 0 Å². The fraction of sp³-hybridized carbons (Fsp3) is 0.474. The van der Waals surface area contributed by atoms with Gasteiger partial charge in [-0.2, -0.15) is 0 Å². The van der Waals surface area contributed by atoms with Gasteiger partial charge in [0.25, 0.3) is 0 Å². The van der Waals surface area contributed by atoms with Crippen LogP contribution in [-0.2, 0) is 19.6 Å². The molecule has 0 fully saturated rings. The fourth-order valence-electron chi connectivity index (χ4n) is 2.40. The maximum Gasteiger partial charge on any atom is 0.191 e. The highest BCUT2D eigenvalue weighted by molar-refractivity contribution is 7.11. The number of benzene rings is 1. The number of guanidine groups is 1. The Bertz CT molecular complexity index is 680. The SMILES string of the molecule is CCNC(=NCc1cccc(CN(C)CC)c1)NCc1ncc(C)s1. The Morgan fingerprint density at radius 1 is 1.24 bits per heavy atom. The average Bonchev–Trinajstić information content (AvgIpc) is 3.03. The minimum Gasteiger partial charge on any atom is -0.357 e. The zero-order valence-electron chi connectivity index (χ0n) is 15.7. The predicted octanol–water partition coefficient (Wildman–Crippen LogP) is 3.16. The number of aromatic nitrogens is 1. The van der Waals surface area contributed by atoms with E-state index in [1.807, 2.05) is 6.20 Å². The second-order valence-corrected chi connectivity index (χ2v) is 7.38. The van der Waals surface area contributed by atoms with Gasteiger partial charge in [-0.05, 0) is 38.6 Å². The van der Waals surface area contributed by atoms with Gasteiger partial charge in [0.05, 0.1) is 13.1 Å².